The molecule has 3 N–H and O–H groups in total. The lowest BCUT2D eigenvalue weighted by Gasteiger charge is -2.06. The monoisotopic (exact) mass is 282 g/mol. The number of benzene rings is 1. The summed E-state index contributed by atoms with van der Waals surface area (Å²) in [4.78, 5) is 4.08. The normalized spacial score (nSPS) is 11.6. The molecule has 1 aromatic heterocycles. The molecule has 0 spiro atoms. The van der Waals surface area contributed by atoms with E-state index in [1.807, 2.05) is 0 Å². The van der Waals surface area contributed by atoms with Crippen molar-refractivity contribution in [2.75, 3.05) is 6.54 Å². The molecule has 0 saturated heterocycles. The summed E-state index contributed by atoms with van der Waals surface area (Å²) in [6.45, 7) is 0.309. The van der Waals surface area contributed by atoms with Crippen LogP contribution in [0.5, 0.6) is 5.75 Å². The van der Waals surface area contributed by atoms with E-state index in [9.17, 15) is 8.42 Å². The number of hydrogen-bond donors (Lipinski definition) is 3. The third-order valence-corrected chi connectivity index (χ3v) is 3.97. The third kappa shape index (κ3) is 3.76. The molecule has 0 fully saturated rings. The Bertz CT molecular complexity index is 608. The second-order valence-electron chi connectivity index (χ2n) is 3.93. The average Bonchev–Trinajstić information content (AvgIpc) is 2.88. The Kier molecular flexibility index (Phi) is 4.13. The maximum Gasteiger partial charge on any atom is 0.240 e. The number of hydrogen-bond acceptors (Lipinski definition) is 5. The van der Waals surface area contributed by atoms with E-state index in [-0.39, 0.29) is 10.6 Å². The standard InChI is InChI=1S/C11H14N4O3S/c16-9-3-5-10(6-4-9)19(17,18)14-7-1-2-11-12-8-13-15-11/h3-6,8,14,16H,1-2,7H2,(H,12,13,15). The van der Waals surface area contributed by atoms with Gasteiger partial charge in [0.25, 0.3) is 0 Å². The molecule has 1 heterocycles. The van der Waals surface area contributed by atoms with Crippen LogP contribution in [0, 0.1) is 0 Å². The Hall–Kier alpha value is -1.93. The summed E-state index contributed by atoms with van der Waals surface area (Å²) in [5.74, 6) is 0.758. The molecule has 19 heavy (non-hydrogen) atoms. The Morgan fingerprint density at radius 2 is 2.00 bits per heavy atom. The Morgan fingerprint density at radius 3 is 2.63 bits per heavy atom. The first kappa shape index (κ1) is 13.5. The van der Waals surface area contributed by atoms with Crippen LogP contribution in [0.3, 0.4) is 0 Å². The zero-order valence-electron chi connectivity index (χ0n) is 10.1. The molecule has 0 unspecified atom stereocenters. The number of nitrogens with one attached hydrogen (secondary N) is 2. The number of nitrogens with zero attached hydrogens (tertiary/aromatic N) is 2. The van der Waals surface area contributed by atoms with Crippen LogP contribution in [0.1, 0.15) is 12.2 Å². The smallest absolute Gasteiger partial charge is 0.240 e. The number of aromatic hydroxyl groups is 1. The van der Waals surface area contributed by atoms with Gasteiger partial charge < -0.3 is 5.11 Å². The number of H-pyrrole nitrogens is 1. The van der Waals surface area contributed by atoms with Crippen LogP contribution in [-0.2, 0) is 16.4 Å². The van der Waals surface area contributed by atoms with Crippen molar-refractivity contribution in [3.63, 3.8) is 0 Å². The summed E-state index contributed by atoms with van der Waals surface area (Å²) in [6.07, 6.45) is 2.65. The molecule has 0 aliphatic carbocycles. The molecule has 0 bridgehead atoms. The van der Waals surface area contributed by atoms with E-state index in [4.69, 9.17) is 5.11 Å². The number of sulfonamides is 1. The van der Waals surface area contributed by atoms with E-state index in [1.54, 1.807) is 0 Å². The predicted molar refractivity (Wildman–Crippen MR) is 68.0 cm³/mol. The SMILES string of the molecule is O=S(=O)(NCCCc1ncn[nH]1)c1ccc(O)cc1. The van der Waals surface area contributed by atoms with Crippen LogP contribution in [-0.4, -0.2) is 35.3 Å². The van der Waals surface area contributed by atoms with Crippen molar-refractivity contribution in [1.82, 2.24) is 19.9 Å². The average molecular weight is 282 g/mol. The van der Waals surface area contributed by atoms with Gasteiger partial charge in [0.1, 0.15) is 17.9 Å². The lowest BCUT2D eigenvalue weighted by molar-refractivity contribution is 0.474. The summed E-state index contributed by atoms with van der Waals surface area (Å²) in [7, 11) is -3.53. The van der Waals surface area contributed by atoms with Gasteiger partial charge in [-0.1, -0.05) is 0 Å². The summed E-state index contributed by atoms with van der Waals surface area (Å²) in [5.41, 5.74) is 0. The lowest BCUT2D eigenvalue weighted by atomic mass is 10.3. The molecule has 102 valence electrons. The fraction of sp³-hybridized carbons (Fsp3) is 0.273. The maximum absolute atomic E-state index is 11.9. The molecule has 1 aromatic carbocycles. The minimum Gasteiger partial charge on any atom is -0.508 e. The first-order chi connectivity index (χ1) is 9.08. The minimum absolute atomic E-state index is 0.0317. The quantitative estimate of drug-likeness (QED) is 0.665. The van der Waals surface area contributed by atoms with Crippen molar-refractivity contribution in [3.8, 4) is 5.75 Å². The van der Waals surface area contributed by atoms with E-state index in [0.29, 0.717) is 19.4 Å². The fourth-order valence-electron chi connectivity index (χ4n) is 1.52. The highest BCUT2D eigenvalue weighted by atomic mass is 32.2. The van der Waals surface area contributed by atoms with Crippen molar-refractivity contribution in [1.29, 1.82) is 0 Å². The second-order valence-corrected chi connectivity index (χ2v) is 5.69. The van der Waals surface area contributed by atoms with Crippen LogP contribution >= 0.6 is 0 Å². The van der Waals surface area contributed by atoms with Gasteiger partial charge in [0, 0.05) is 13.0 Å². The van der Waals surface area contributed by atoms with Gasteiger partial charge in [-0.25, -0.2) is 18.1 Å². The second kappa shape index (κ2) is 5.81. The highest BCUT2D eigenvalue weighted by Crippen LogP contribution is 2.13. The maximum atomic E-state index is 11.9. The molecule has 0 aliphatic heterocycles. The largest absolute Gasteiger partial charge is 0.508 e. The highest BCUT2D eigenvalue weighted by molar-refractivity contribution is 7.89. The number of aromatic amines is 1. The van der Waals surface area contributed by atoms with Crippen LogP contribution in [0.25, 0.3) is 0 Å². The molecule has 2 rings (SSSR count). The first-order valence-corrected chi connectivity index (χ1v) is 7.19. The van der Waals surface area contributed by atoms with Gasteiger partial charge in [0.15, 0.2) is 0 Å². The van der Waals surface area contributed by atoms with Crippen molar-refractivity contribution in [2.24, 2.45) is 0 Å². The van der Waals surface area contributed by atoms with Gasteiger partial charge in [0.2, 0.25) is 10.0 Å². The van der Waals surface area contributed by atoms with Crippen LogP contribution < -0.4 is 4.72 Å². The van der Waals surface area contributed by atoms with E-state index in [0.717, 1.165) is 5.82 Å². The van der Waals surface area contributed by atoms with E-state index < -0.39 is 10.0 Å². The first-order valence-electron chi connectivity index (χ1n) is 5.71. The van der Waals surface area contributed by atoms with Crippen molar-refractivity contribution in [2.45, 2.75) is 17.7 Å². The molecular weight excluding hydrogens is 268 g/mol. The zero-order valence-corrected chi connectivity index (χ0v) is 10.9. The summed E-state index contributed by atoms with van der Waals surface area (Å²) in [5, 5.41) is 15.5. The van der Waals surface area contributed by atoms with Gasteiger partial charge >= 0.3 is 0 Å². The van der Waals surface area contributed by atoms with E-state index >= 15 is 0 Å². The zero-order chi connectivity index (χ0) is 13.7. The summed E-state index contributed by atoms with van der Waals surface area (Å²) in [6, 6.07) is 5.38. The molecule has 7 nitrogen and oxygen atoms in total. The predicted octanol–water partition coefficient (Wildman–Crippen LogP) is 0.421. The van der Waals surface area contributed by atoms with Crippen molar-refractivity contribution in [3.05, 3.63) is 36.4 Å². The lowest BCUT2D eigenvalue weighted by Crippen LogP contribution is -2.25. The topological polar surface area (TPSA) is 108 Å². The van der Waals surface area contributed by atoms with Gasteiger partial charge in [-0.2, -0.15) is 5.10 Å². The number of phenols is 1. The number of rotatable bonds is 6. The molecular formula is C11H14N4O3S. The van der Waals surface area contributed by atoms with Crippen molar-refractivity contribution >= 4 is 10.0 Å². The Labute approximate surface area is 110 Å². The summed E-state index contributed by atoms with van der Waals surface area (Å²) < 4.78 is 26.2. The van der Waals surface area contributed by atoms with Crippen LogP contribution in [0.15, 0.2) is 35.5 Å². The molecule has 8 heteroatoms. The molecule has 0 atom stereocenters. The van der Waals surface area contributed by atoms with Gasteiger partial charge in [-0.15, -0.1) is 0 Å². The Balaban J connectivity index is 1.86. The molecule has 0 amide bonds. The number of phenolic OH excluding ortho intramolecular Hbond substituents is 1. The summed E-state index contributed by atoms with van der Waals surface area (Å²) >= 11 is 0. The van der Waals surface area contributed by atoms with E-state index in [1.165, 1.54) is 30.6 Å². The highest BCUT2D eigenvalue weighted by Gasteiger charge is 2.12. The molecule has 0 aliphatic rings. The van der Waals surface area contributed by atoms with Crippen molar-refractivity contribution < 1.29 is 13.5 Å². The van der Waals surface area contributed by atoms with E-state index in [2.05, 4.69) is 19.9 Å². The van der Waals surface area contributed by atoms with Gasteiger partial charge in [-0.3, -0.25) is 5.10 Å². The Morgan fingerprint density at radius 1 is 1.26 bits per heavy atom. The minimum atomic E-state index is -3.53. The van der Waals surface area contributed by atoms with Crippen LogP contribution in [0.4, 0.5) is 0 Å². The third-order valence-electron chi connectivity index (χ3n) is 2.49. The molecule has 2 aromatic rings. The number of aryl methyl sites for hydroxylation is 1. The fourth-order valence-corrected chi connectivity index (χ4v) is 2.60. The van der Waals surface area contributed by atoms with Crippen LogP contribution in [0.2, 0.25) is 0 Å². The number of aromatic nitrogens is 3. The van der Waals surface area contributed by atoms with Gasteiger partial charge in [-0.05, 0) is 30.7 Å². The van der Waals surface area contributed by atoms with Gasteiger partial charge in [0.05, 0.1) is 4.90 Å². The molecule has 0 radical (unpaired) electrons. The molecule has 0 saturated carbocycles.